The Kier molecular flexibility index (Phi) is 5.41. The maximum Gasteiger partial charge on any atom is 0.328 e. The number of nitrogens with zero attached hydrogens (tertiary/aromatic N) is 1. The summed E-state index contributed by atoms with van der Waals surface area (Å²) in [4.78, 5) is 31.6. The highest BCUT2D eigenvalue weighted by molar-refractivity contribution is 6.00. The molecule has 162 valence electrons. The molecule has 0 fully saturated rings. The summed E-state index contributed by atoms with van der Waals surface area (Å²) in [5.41, 5.74) is 7.13. The second-order valence-electron chi connectivity index (χ2n) is 8.28. The van der Waals surface area contributed by atoms with Crippen molar-refractivity contribution in [2.24, 2.45) is 5.73 Å². The van der Waals surface area contributed by atoms with Gasteiger partial charge in [0, 0.05) is 41.6 Å². The second kappa shape index (κ2) is 8.03. The molecule has 0 unspecified atom stereocenters. The van der Waals surface area contributed by atoms with Gasteiger partial charge in [-0.2, -0.15) is 0 Å². The minimum Gasteiger partial charge on any atom is -0.487 e. The predicted molar refractivity (Wildman–Crippen MR) is 114 cm³/mol. The average Bonchev–Trinajstić information content (AvgIpc) is 3.22. The third-order valence-electron chi connectivity index (χ3n) is 5.27. The molecule has 3 N–H and O–H groups in total. The van der Waals surface area contributed by atoms with Crippen molar-refractivity contribution >= 4 is 22.7 Å². The maximum absolute atomic E-state index is 12.8. The van der Waals surface area contributed by atoms with E-state index in [1.165, 1.54) is 13.3 Å². The van der Waals surface area contributed by atoms with Gasteiger partial charge in [-0.05, 0) is 26.7 Å². The minimum absolute atomic E-state index is 0.179. The zero-order chi connectivity index (χ0) is 22.2. The number of rotatable bonds is 5. The van der Waals surface area contributed by atoms with Crippen molar-refractivity contribution in [1.82, 2.24) is 9.97 Å². The van der Waals surface area contributed by atoms with Gasteiger partial charge in [0.15, 0.2) is 11.5 Å². The van der Waals surface area contributed by atoms with Crippen LogP contribution in [0, 0.1) is 0 Å². The first kappa shape index (κ1) is 20.9. The van der Waals surface area contributed by atoms with Gasteiger partial charge >= 0.3 is 11.9 Å². The molecule has 1 aliphatic heterocycles. The largest absolute Gasteiger partial charge is 0.487 e. The molecule has 0 amide bonds. The number of H-pyrrole nitrogens is 1. The molecular weight excluding hydrogens is 398 g/mol. The number of nitrogens with one attached hydrogen (secondary N) is 1. The fraction of sp³-hybridized carbons (Fsp3) is 0.348. The van der Waals surface area contributed by atoms with Gasteiger partial charge in [0.1, 0.15) is 17.4 Å². The molecule has 3 aromatic rings. The molecular formula is C23H25N3O5. The van der Waals surface area contributed by atoms with E-state index in [4.69, 9.17) is 19.9 Å². The van der Waals surface area contributed by atoms with Crippen LogP contribution in [-0.4, -0.2) is 33.5 Å². The second-order valence-corrected chi connectivity index (χ2v) is 8.28. The van der Waals surface area contributed by atoms with Crippen LogP contribution in [0.2, 0.25) is 0 Å². The molecule has 0 saturated carbocycles. The van der Waals surface area contributed by atoms with Gasteiger partial charge in [0.2, 0.25) is 0 Å². The number of carbonyl (C=O) groups is 2. The quantitative estimate of drug-likeness (QED) is 0.478. The summed E-state index contributed by atoms with van der Waals surface area (Å²) in [5, 5.41) is 1.39. The van der Waals surface area contributed by atoms with Crippen molar-refractivity contribution in [1.29, 1.82) is 0 Å². The topological polar surface area (TPSA) is 117 Å². The molecule has 0 bridgehead atoms. The van der Waals surface area contributed by atoms with E-state index in [-0.39, 0.29) is 23.5 Å². The molecule has 0 aliphatic carbocycles. The molecule has 8 nitrogen and oxygen atoms in total. The SMILES string of the molecule is CC(=O)Oc1c2c(c3ccccc3c1OC(=O)[C@@H](N)Cc1cnc[nH]1)OC(C)(C)CC2. The first-order valence-corrected chi connectivity index (χ1v) is 10.1. The van der Waals surface area contributed by atoms with Crippen LogP contribution in [0.1, 0.15) is 38.4 Å². The van der Waals surface area contributed by atoms with Crippen LogP contribution >= 0.6 is 0 Å². The highest BCUT2D eigenvalue weighted by atomic mass is 16.6. The summed E-state index contributed by atoms with van der Waals surface area (Å²) in [6.45, 7) is 5.34. The Morgan fingerprint density at radius 1 is 1.23 bits per heavy atom. The lowest BCUT2D eigenvalue weighted by Crippen LogP contribution is -2.36. The number of carbonyl (C=O) groups excluding carboxylic acids is 2. The van der Waals surface area contributed by atoms with Gasteiger partial charge in [-0.3, -0.25) is 4.79 Å². The molecule has 4 rings (SSSR count). The number of nitrogens with two attached hydrogens (primary N) is 1. The number of imidazole rings is 1. The maximum atomic E-state index is 12.8. The number of fused-ring (bicyclic) bond motifs is 3. The molecule has 1 aliphatic rings. The molecule has 31 heavy (non-hydrogen) atoms. The molecule has 0 saturated heterocycles. The van der Waals surface area contributed by atoms with Crippen LogP contribution in [0.15, 0.2) is 36.8 Å². The van der Waals surface area contributed by atoms with Gasteiger partial charge in [0.05, 0.1) is 6.33 Å². The summed E-state index contributed by atoms with van der Waals surface area (Å²) in [7, 11) is 0. The fourth-order valence-electron chi connectivity index (χ4n) is 3.75. The number of aromatic amines is 1. The number of ether oxygens (including phenoxy) is 3. The summed E-state index contributed by atoms with van der Waals surface area (Å²) in [5.74, 6) is -0.118. The lowest BCUT2D eigenvalue weighted by molar-refractivity contribution is -0.137. The van der Waals surface area contributed by atoms with Gasteiger partial charge < -0.3 is 24.9 Å². The van der Waals surface area contributed by atoms with Crippen LogP contribution in [0.25, 0.3) is 10.8 Å². The van der Waals surface area contributed by atoms with E-state index in [2.05, 4.69) is 9.97 Å². The van der Waals surface area contributed by atoms with Crippen molar-refractivity contribution < 1.29 is 23.8 Å². The molecule has 1 aromatic heterocycles. The van der Waals surface area contributed by atoms with Crippen LogP contribution < -0.4 is 19.9 Å². The molecule has 1 atom stereocenters. The Morgan fingerprint density at radius 3 is 2.65 bits per heavy atom. The minimum atomic E-state index is -0.921. The Morgan fingerprint density at radius 2 is 1.97 bits per heavy atom. The average molecular weight is 423 g/mol. The van der Waals surface area contributed by atoms with E-state index in [0.29, 0.717) is 23.1 Å². The lowest BCUT2D eigenvalue weighted by Gasteiger charge is -2.34. The van der Waals surface area contributed by atoms with Crippen molar-refractivity contribution in [2.45, 2.75) is 51.7 Å². The Bertz CT molecular complexity index is 1140. The van der Waals surface area contributed by atoms with Crippen LogP contribution in [0.3, 0.4) is 0 Å². The van der Waals surface area contributed by atoms with E-state index in [1.54, 1.807) is 12.3 Å². The van der Waals surface area contributed by atoms with Gasteiger partial charge in [-0.1, -0.05) is 24.3 Å². The number of hydrogen-bond acceptors (Lipinski definition) is 7. The van der Waals surface area contributed by atoms with Crippen molar-refractivity contribution in [3.8, 4) is 17.2 Å². The van der Waals surface area contributed by atoms with Crippen LogP contribution in [-0.2, 0) is 22.4 Å². The zero-order valence-corrected chi connectivity index (χ0v) is 17.7. The predicted octanol–water partition coefficient (Wildman–Crippen LogP) is 3.07. The highest BCUT2D eigenvalue weighted by Gasteiger charge is 2.34. The number of aromatic nitrogens is 2. The first-order valence-electron chi connectivity index (χ1n) is 10.1. The standard InChI is InChI=1S/C23H25N3O5/c1-13(27)29-21-17-8-9-23(2,3)31-19(17)15-6-4-5-7-16(15)20(21)30-22(28)18(24)10-14-11-25-12-26-14/h4-7,11-12,18H,8-10,24H2,1-3H3,(H,25,26)/t18-/m0/s1. The van der Waals surface area contributed by atoms with E-state index < -0.39 is 18.0 Å². The number of esters is 2. The third-order valence-corrected chi connectivity index (χ3v) is 5.27. The van der Waals surface area contributed by atoms with Crippen molar-refractivity contribution in [3.63, 3.8) is 0 Å². The monoisotopic (exact) mass is 423 g/mol. The van der Waals surface area contributed by atoms with E-state index >= 15 is 0 Å². The van der Waals surface area contributed by atoms with Crippen LogP contribution in [0.5, 0.6) is 17.2 Å². The Balaban J connectivity index is 1.80. The highest BCUT2D eigenvalue weighted by Crippen LogP contribution is 2.50. The van der Waals surface area contributed by atoms with E-state index in [1.807, 2.05) is 32.0 Å². The molecule has 2 aromatic carbocycles. The van der Waals surface area contributed by atoms with E-state index in [9.17, 15) is 9.59 Å². The summed E-state index contributed by atoms with van der Waals surface area (Å²) < 4.78 is 17.6. The van der Waals surface area contributed by atoms with Crippen molar-refractivity contribution in [2.75, 3.05) is 0 Å². The Labute approximate surface area is 179 Å². The van der Waals surface area contributed by atoms with Gasteiger partial charge in [-0.25, -0.2) is 9.78 Å². The fourth-order valence-corrected chi connectivity index (χ4v) is 3.75. The summed E-state index contributed by atoms with van der Waals surface area (Å²) in [6, 6.07) is 6.48. The first-order chi connectivity index (χ1) is 14.7. The van der Waals surface area contributed by atoms with Crippen LogP contribution in [0.4, 0.5) is 0 Å². The van der Waals surface area contributed by atoms with E-state index in [0.717, 1.165) is 17.5 Å². The lowest BCUT2D eigenvalue weighted by atomic mass is 9.91. The van der Waals surface area contributed by atoms with Gasteiger partial charge in [-0.15, -0.1) is 0 Å². The van der Waals surface area contributed by atoms with Gasteiger partial charge in [0.25, 0.3) is 0 Å². The molecule has 0 radical (unpaired) electrons. The molecule has 2 heterocycles. The van der Waals surface area contributed by atoms with Crippen molar-refractivity contribution in [3.05, 3.63) is 48.0 Å². The normalized spacial score (nSPS) is 15.6. The summed E-state index contributed by atoms with van der Waals surface area (Å²) >= 11 is 0. The zero-order valence-electron chi connectivity index (χ0n) is 17.7. The number of benzene rings is 2. The molecule has 0 spiro atoms. The number of hydrogen-bond donors (Lipinski definition) is 2. The third kappa shape index (κ3) is 4.25. The smallest absolute Gasteiger partial charge is 0.328 e. The Hall–Kier alpha value is -3.39. The summed E-state index contributed by atoms with van der Waals surface area (Å²) in [6.07, 6.45) is 4.69. The molecule has 8 heteroatoms.